The van der Waals surface area contributed by atoms with Gasteiger partial charge in [-0.25, -0.2) is 4.98 Å². The van der Waals surface area contributed by atoms with Crippen LogP contribution >= 0.6 is 0 Å². The second kappa shape index (κ2) is 7.61. The highest BCUT2D eigenvalue weighted by Gasteiger charge is 2.11. The third kappa shape index (κ3) is 5.06. The summed E-state index contributed by atoms with van der Waals surface area (Å²) < 4.78 is 0. The minimum atomic E-state index is -0.210. The maximum atomic E-state index is 11.5. The Hall–Kier alpha value is -2.11. The third-order valence-electron chi connectivity index (χ3n) is 3.48. The number of hydrogen-bond donors (Lipinski definition) is 2. The van der Waals surface area contributed by atoms with Crippen LogP contribution in [0.25, 0.3) is 0 Å². The first-order valence-electron chi connectivity index (χ1n) is 7.36. The molecule has 0 bridgehead atoms. The van der Waals surface area contributed by atoms with Gasteiger partial charge in [0.15, 0.2) is 0 Å². The molecule has 0 unspecified atom stereocenters. The predicted octanol–water partition coefficient (Wildman–Crippen LogP) is 0.824. The van der Waals surface area contributed by atoms with Crippen LogP contribution in [-0.4, -0.2) is 36.4 Å². The molecule has 1 aromatic heterocycles. The Balaban J connectivity index is 1.79. The van der Waals surface area contributed by atoms with E-state index in [-0.39, 0.29) is 18.4 Å². The molecule has 2 heterocycles. The summed E-state index contributed by atoms with van der Waals surface area (Å²) in [5.41, 5.74) is 0.951. The molecule has 6 heteroatoms. The molecule has 1 fully saturated rings. The fourth-order valence-corrected chi connectivity index (χ4v) is 2.30. The average molecular weight is 290 g/mol. The van der Waals surface area contributed by atoms with Gasteiger partial charge in [0.2, 0.25) is 11.8 Å². The fraction of sp³-hybridized carbons (Fsp3) is 0.533. The number of carbonyl (C=O) groups is 2. The van der Waals surface area contributed by atoms with Crippen molar-refractivity contribution in [3.05, 3.63) is 23.9 Å². The Morgan fingerprint density at radius 1 is 1.19 bits per heavy atom. The minimum absolute atomic E-state index is 0.00855. The van der Waals surface area contributed by atoms with Crippen LogP contribution in [0.5, 0.6) is 0 Å². The molecule has 1 aliphatic rings. The van der Waals surface area contributed by atoms with Crippen molar-refractivity contribution in [2.45, 2.75) is 32.7 Å². The topological polar surface area (TPSA) is 74.3 Å². The molecule has 0 saturated carbocycles. The second-order valence-electron chi connectivity index (χ2n) is 5.26. The van der Waals surface area contributed by atoms with Crippen molar-refractivity contribution in [3.63, 3.8) is 0 Å². The number of hydrogen-bond acceptors (Lipinski definition) is 4. The molecule has 0 spiro atoms. The Morgan fingerprint density at radius 3 is 2.57 bits per heavy atom. The maximum Gasteiger partial charge on any atom is 0.239 e. The SMILES string of the molecule is CC(=O)NCC(=O)NCc1ccc(N2CCCCC2)nc1. The molecule has 1 aromatic rings. The zero-order chi connectivity index (χ0) is 15.1. The first-order valence-corrected chi connectivity index (χ1v) is 7.36. The molecule has 0 aromatic carbocycles. The Morgan fingerprint density at radius 2 is 1.95 bits per heavy atom. The number of anilines is 1. The standard InChI is InChI=1S/C15H22N4O2/c1-12(20)16-11-15(21)18-10-13-5-6-14(17-9-13)19-7-3-2-4-8-19/h5-6,9H,2-4,7-8,10-11H2,1H3,(H,16,20)(H,18,21). The molecule has 2 amide bonds. The van der Waals surface area contributed by atoms with Crippen molar-refractivity contribution < 1.29 is 9.59 Å². The summed E-state index contributed by atoms with van der Waals surface area (Å²) in [7, 11) is 0. The third-order valence-corrected chi connectivity index (χ3v) is 3.48. The Labute approximate surface area is 124 Å². The highest BCUT2D eigenvalue weighted by Crippen LogP contribution is 2.17. The summed E-state index contributed by atoms with van der Waals surface area (Å²) in [5, 5.41) is 5.21. The number of carbonyl (C=O) groups excluding carboxylic acids is 2. The highest BCUT2D eigenvalue weighted by atomic mass is 16.2. The molecule has 21 heavy (non-hydrogen) atoms. The van der Waals surface area contributed by atoms with Crippen molar-refractivity contribution in [1.29, 1.82) is 0 Å². The molecule has 0 atom stereocenters. The number of nitrogens with one attached hydrogen (secondary N) is 2. The summed E-state index contributed by atoms with van der Waals surface area (Å²) in [5.74, 6) is 0.589. The number of pyridine rings is 1. The first kappa shape index (κ1) is 15.3. The number of nitrogens with zero attached hydrogens (tertiary/aromatic N) is 2. The zero-order valence-electron chi connectivity index (χ0n) is 12.4. The molecule has 1 aliphatic heterocycles. The monoisotopic (exact) mass is 290 g/mol. The maximum absolute atomic E-state index is 11.5. The van der Waals surface area contributed by atoms with Crippen LogP contribution in [0.15, 0.2) is 18.3 Å². The van der Waals surface area contributed by atoms with E-state index < -0.39 is 0 Å². The molecule has 2 N–H and O–H groups in total. The lowest BCUT2D eigenvalue weighted by Crippen LogP contribution is -2.35. The first-order chi connectivity index (χ1) is 10.1. The lowest BCUT2D eigenvalue weighted by molar-refractivity contribution is -0.125. The van der Waals surface area contributed by atoms with E-state index in [9.17, 15) is 9.59 Å². The minimum Gasteiger partial charge on any atom is -0.357 e. The van der Waals surface area contributed by atoms with Crippen molar-refractivity contribution >= 4 is 17.6 Å². The number of aromatic nitrogens is 1. The largest absolute Gasteiger partial charge is 0.357 e. The summed E-state index contributed by atoms with van der Waals surface area (Å²) in [4.78, 5) is 28.9. The van der Waals surface area contributed by atoms with Crippen LogP contribution in [0.3, 0.4) is 0 Å². The van der Waals surface area contributed by atoms with Crippen LogP contribution in [0, 0.1) is 0 Å². The molecule has 0 aliphatic carbocycles. The number of amides is 2. The lowest BCUT2D eigenvalue weighted by Gasteiger charge is -2.27. The van der Waals surface area contributed by atoms with Gasteiger partial charge in [0.1, 0.15) is 5.82 Å². The van der Waals surface area contributed by atoms with Crippen LogP contribution in [-0.2, 0) is 16.1 Å². The van der Waals surface area contributed by atoms with Gasteiger partial charge in [-0.1, -0.05) is 6.07 Å². The summed E-state index contributed by atoms with van der Waals surface area (Å²) >= 11 is 0. The predicted molar refractivity (Wildman–Crippen MR) is 80.8 cm³/mol. The van der Waals surface area contributed by atoms with E-state index in [1.165, 1.54) is 26.2 Å². The normalized spacial score (nSPS) is 14.6. The van der Waals surface area contributed by atoms with Gasteiger partial charge in [-0.15, -0.1) is 0 Å². The van der Waals surface area contributed by atoms with Gasteiger partial charge in [0, 0.05) is 32.8 Å². The van der Waals surface area contributed by atoms with Gasteiger partial charge in [-0.3, -0.25) is 9.59 Å². The highest BCUT2D eigenvalue weighted by molar-refractivity contribution is 5.83. The van der Waals surface area contributed by atoms with E-state index in [2.05, 4.69) is 20.5 Å². The van der Waals surface area contributed by atoms with Crippen LogP contribution in [0.2, 0.25) is 0 Å². The zero-order valence-corrected chi connectivity index (χ0v) is 12.4. The van der Waals surface area contributed by atoms with Crippen LogP contribution in [0.1, 0.15) is 31.7 Å². The Kier molecular flexibility index (Phi) is 5.54. The van der Waals surface area contributed by atoms with Crippen molar-refractivity contribution in [2.75, 3.05) is 24.5 Å². The molecule has 2 rings (SSSR count). The number of piperidine rings is 1. The van der Waals surface area contributed by atoms with Gasteiger partial charge < -0.3 is 15.5 Å². The van der Waals surface area contributed by atoms with E-state index in [1.54, 1.807) is 6.20 Å². The fourth-order valence-electron chi connectivity index (χ4n) is 2.30. The summed E-state index contributed by atoms with van der Waals surface area (Å²) in [6.07, 6.45) is 5.54. The van der Waals surface area contributed by atoms with Gasteiger partial charge in [-0.05, 0) is 30.9 Å². The van der Waals surface area contributed by atoms with E-state index >= 15 is 0 Å². The number of rotatable bonds is 5. The molecular formula is C15H22N4O2. The molecule has 6 nitrogen and oxygen atoms in total. The van der Waals surface area contributed by atoms with Gasteiger partial charge >= 0.3 is 0 Å². The van der Waals surface area contributed by atoms with Gasteiger partial charge in [0.25, 0.3) is 0 Å². The summed E-state index contributed by atoms with van der Waals surface area (Å²) in [6, 6.07) is 3.98. The molecule has 1 saturated heterocycles. The van der Waals surface area contributed by atoms with Crippen molar-refractivity contribution in [3.8, 4) is 0 Å². The summed E-state index contributed by atoms with van der Waals surface area (Å²) in [6.45, 7) is 3.95. The van der Waals surface area contributed by atoms with Gasteiger partial charge in [0.05, 0.1) is 6.54 Å². The van der Waals surface area contributed by atoms with E-state index in [4.69, 9.17) is 0 Å². The van der Waals surface area contributed by atoms with E-state index in [1.807, 2.05) is 12.1 Å². The van der Waals surface area contributed by atoms with E-state index in [0.29, 0.717) is 6.54 Å². The van der Waals surface area contributed by atoms with E-state index in [0.717, 1.165) is 24.5 Å². The van der Waals surface area contributed by atoms with Crippen molar-refractivity contribution in [1.82, 2.24) is 15.6 Å². The van der Waals surface area contributed by atoms with Crippen LogP contribution in [0.4, 0.5) is 5.82 Å². The van der Waals surface area contributed by atoms with Crippen molar-refractivity contribution in [2.24, 2.45) is 0 Å². The smallest absolute Gasteiger partial charge is 0.239 e. The molecule has 0 radical (unpaired) electrons. The Bertz CT molecular complexity index is 481. The second-order valence-corrected chi connectivity index (χ2v) is 5.26. The quantitative estimate of drug-likeness (QED) is 0.842. The molecular weight excluding hydrogens is 268 g/mol. The lowest BCUT2D eigenvalue weighted by atomic mass is 10.1. The molecule has 114 valence electrons. The van der Waals surface area contributed by atoms with Gasteiger partial charge in [-0.2, -0.15) is 0 Å². The van der Waals surface area contributed by atoms with Crippen LogP contribution < -0.4 is 15.5 Å². The average Bonchev–Trinajstić information content (AvgIpc) is 2.52.